The van der Waals surface area contributed by atoms with Crippen LogP contribution in [0.2, 0.25) is 5.02 Å². The maximum atomic E-state index is 11.2. The first-order chi connectivity index (χ1) is 13.0. The number of fused-ring (bicyclic) bond motifs is 1. The maximum Gasteiger partial charge on any atom is 0.259 e. The van der Waals surface area contributed by atoms with Crippen molar-refractivity contribution < 1.29 is 9.32 Å². The summed E-state index contributed by atoms with van der Waals surface area (Å²) in [5.41, 5.74) is 5.39. The second-order valence-corrected chi connectivity index (χ2v) is 6.86. The van der Waals surface area contributed by atoms with E-state index in [4.69, 9.17) is 16.1 Å². The smallest absolute Gasteiger partial charge is 0.259 e. The standard InChI is InChI=1S/C19H18ClN5O2/c1-10-17(14-5-6-21-8-12(14)9-22-10)18-24-19(27-25-18)15-4-3-13(7-16(15)20)23-11(2)26/h3-4,7,9,21H,5-6,8H2,1-2H3,(H,23,26). The summed E-state index contributed by atoms with van der Waals surface area (Å²) in [6, 6.07) is 5.15. The molecule has 0 saturated carbocycles. The van der Waals surface area contributed by atoms with E-state index in [-0.39, 0.29) is 5.91 Å². The molecule has 138 valence electrons. The minimum absolute atomic E-state index is 0.162. The minimum Gasteiger partial charge on any atom is -0.334 e. The molecule has 0 saturated heterocycles. The first-order valence-electron chi connectivity index (χ1n) is 8.62. The van der Waals surface area contributed by atoms with Gasteiger partial charge >= 0.3 is 0 Å². The third-order valence-corrected chi connectivity index (χ3v) is 4.81. The summed E-state index contributed by atoms with van der Waals surface area (Å²) in [5, 5.41) is 10.6. The van der Waals surface area contributed by atoms with Gasteiger partial charge in [-0.3, -0.25) is 9.78 Å². The van der Waals surface area contributed by atoms with Gasteiger partial charge in [0.2, 0.25) is 11.7 Å². The molecule has 3 aromatic rings. The van der Waals surface area contributed by atoms with Crippen LogP contribution in [0.1, 0.15) is 23.7 Å². The second kappa shape index (κ2) is 7.09. The predicted molar refractivity (Wildman–Crippen MR) is 102 cm³/mol. The lowest BCUT2D eigenvalue weighted by atomic mass is 9.95. The molecule has 0 fully saturated rings. The fourth-order valence-electron chi connectivity index (χ4n) is 3.27. The Morgan fingerprint density at radius 3 is 3.00 bits per heavy atom. The molecule has 2 aromatic heterocycles. The highest BCUT2D eigenvalue weighted by atomic mass is 35.5. The van der Waals surface area contributed by atoms with Gasteiger partial charge in [-0.2, -0.15) is 4.98 Å². The molecule has 0 aliphatic carbocycles. The van der Waals surface area contributed by atoms with Crippen molar-refractivity contribution in [3.63, 3.8) is 0 Å². The predicted octanol–water partition coefficient (Wildman–Crippen LogP) is 3.36. The Hall–Kier alpha value is -2.77. The molecule has 0 radical (unpaired) electrons. The first kappa shape index (κ1) is 17.6. The molecule has 0 atom stereocenters. The molecule has 0 spiro atoms. The van der Waals surface area contributed by atoms with Crippen molar-refractivity contribution in [3.05, 3.63) is 46.2 Å². The molecule has 2 N–H and O–H groups in total. The van der Waals surface area contributed by atoms with Gasteiger partial charge < -0.3 is 15.2 Å². The molecule has 1 aliphatic rings. The monoisotopic (exact) mass is 383 g/mol. The molecule has 1 amide bonds. The van der Waals surface area contributed by atoms with Crippen LogP contribution in [0.15, 0.2) is 28.9 Å². The fourth-order valence-corrected chi connectivity index (χ4v) is 3.53. The maximum absolute atomic E-state index is 11.2. The molecular weight excluding hydrogens is 366 g/mol. The number of aryl methyl sites for hydroxylation is 1. The van der Waals surface area contributed by atoms with E-state index >= 15 is 0 Å². The van der Waals surface area contributed by atoms with Crippen molar-refractivity contribution >= 4 is 23.2 Å². The van der Waals surface area contributed by atoms with E-state index in [2.05, 4.69) is 25.8 Å². The third kappa shape index (κ3) is 3.43. The van der Waals surface area contributed by atoms with Gasteiger partial charge in [-0.25, -0.2) is 0 Å². The summed E-state index contributed by atoms with van der Waals surface area (Å²) in [6.07, 6.45) is 2.79. The third-order valence-electron chi connectivity index (χ3n) is 4.50. The van der Waals surface area contributed by atoms with Gasteiger partial charge in [0.05, 0.1) is 10.6 Å². The second-order valence-electron chi connectivity index (χ2n) is 6.45. The van der Waals surface area contributed by atoms with Crippen molar-refractivity contribution in [2.24, 2.45) is 0 Å². The van der Waals surface area contributed by atoms with Crippen molar-refractivity contribution in [1.82, 2.24) is 20.4 Å². The Labute approximate surface area is 161 Å². The summed E-state index contributed by atoms with van der Waals surface area (Å²) in [5.74, 6) is 0.677. The van der Waals surface area contributed by atoms with Gasteiger partial charge in [0.15, 0.2) is 0 Å². The number of anilines is 1. The van der Waals surface area contributed by atoms with E-state index in [1.165, 1.54) is 12.5 Å². The molecule has 3 heterocycles. The number of hydrogen-bond acceptors (Lipinski definition) is 6. The van der Waals surface area contributed by atoms with Crippen LogP contribution < -0.4 is 10.6 Å². The van der Waals surface area contributed by atoms with Gasteiger partial charge in [0.1, 0.15) is 0 Å². The zero-order chi connectivity index (χ0) is 19.0. The van der Waals surface area contributed by atoms with Gasteiger partial charge in [-0.15, -0.1) is 0 Å². The van der Waals surface area contributed by atoms with Crippen LogP contribution in [0.5, 0.6) is 0 Å². The molecule has 4 rings (SSSR count). The van der Waals surface area contributed by atoms with E-state index in [1.54, 1.807) is 18.2 Å². The SMILES string of the molecule is CC(=O)Nc1ccc(-c2nc(-c3c(C)ncc4c3CCNC4)no2)c(Cl)c1. The minimum atomic E-state index is -0.162. The topological polar surface area (TPSA) is 92.9 Å². The van der Waals surface area contributed by atoms with E-state index in [0.717, 1.165) is 36.3 Å². The van der Waals surface area contributed by atoms with Crippen LogP contribution in [-0.2, 0) is 17.8 Å². The zero-order valence-electron chi connectivity index (χ0n) is 15.0. The molecule has 1 aromatic carbocycles. The van der Waals surface area contributed by atoms with Crippen LogP contribution in [0.25, 0.3) is 22.8 Å². The van der Waals surface area contributed by atoms with E-state index in [1.807, 2.05) is 13.1 Å². The highest BCUT2D eigenvalue weighted by Gasteiger charge is 2.22. The zero-order valence-corrected chi connectivity index (χ0v) is 15.7. The van der Waals surface area contributed by atoms with E-state index < -0.39 is 0 Å². The molecule has 1 aliphatic heterocycles. The van der Waals surface area contributed by atoms with Gasteiger partial charge in [-0.1, -0.05) is 16.8 Å². The number of pyridine rings is 1. The van der Waals surface area contributed by atoms with Crippen molar-refractivity contribution in [1.29, 1.82) is 0 Å². The Kier molecular flexibility index (Phi) is 4.63. The summed E-state index contributed by atoms with van der Waals surface area (Å²) in [6.45, 7) is 5.09. The average Bonchev–Trinajstić information content (AvgIpc) is 3.10. The number of nitrogens with one attached hydrogen (secondary N) is 2. The molecule has 0 bridgehead atoms. The molecule has 0 unspecified atom stereocenters. The number of benzene rings is 1. The molecule has 8 heteroatoms. The summed E-state index contributed by atoms with van der Waals surface area (Å²) < 4.78 is 5.48. The first-order valence-corrected chi connectivity index (χ1v) is 9.00. The number of amides is 1. The van der Waals surface area contributed by atoms with E-state index in [0.29, 0.717) is 28.0 Å². The normalized spacial score (nSPS) is 13.3. The molecular formula is C19H18ClN5O2. The number of carbonyl (C=O) groups is 1. The van der Waals surface area contributed by atoms with E-state index in [9.17, 15) is 4.79 Å². The number of nitrogens with zero attached hydrogens (tertiary/aromatic N) is 3. The lowest BCUT2D eigenvalue weighted by Crippen LogP contribution is -2.24. The Bertz CT molecular complexity index is 1030. The largest absolute Gasteiger partial charge is 0.334 e. The van der Waals surface area contributed by atoms with Crippen molar-refractivity contribution in [2.45, 2.75) is 26.8 Å². The summed E-state index contributed by atoms with van der Waals surface area (Å²) in [4.78, 5) is 20.2. The van der Waals surface area contributed by atoms with Crippen LogP contribution in [0.3, 0.4) is 0 Å². The Balaban J connectivity index is 1.72. The van der Waals surface area contributed by atoms with Gasteiger partial charge in [0, 0.05) is 36.6 Å². The van der Waals surface area contributed by atoms with Crippen molar-refractivity contribution in [3.8, 4) is 22.8 Å². The highest BCUT2D eigenvalue weighted by molar-refractivity contribution is 6.33. The number of carbonyl (C=O) groups excluding carboxylic acids is 1. The lowest BCUT2D eigenvalue weighted by Gasteiger charge is -2.19. The van der Waals surface area contributed by atoms with Crippen LogP contribution in [0.4, 0.5) is 5.69 Å². The average molecular weight is 384 g/mol. The van der Waals surface area contributed by atoms with Crippen LogP contribution in [-0.4, -0.2) is 27.6 Å². The molecule has 27 heavy (non-hydrogen) atoms. The Morgan fingerprint density at radius 2 is 2.22 bits per heavy atom. The van der Waals surface area contributed by atoms with Crippen LogP contribution in [0, 0.1) is 6.92 Å². The van der Waals surface area contributed by atoms with Gasteiger partial charge in [-0.05, 0) is 49.2 Å². The number of hydrogen-bond donors (Lipinski definition) is 2. The molecule has 7 nitrogen and oxygen atoms in total. The highest BCUT2D eigenvalue weighted by Crippen LogP contribution is 2.33. The lowest BCUT2D eigenvalue weighted by molar-refractivity contribution is -0.114. The summed E-state index contributed by atoms with van der Waals surface area (Å²) in [7, 11) is 0. The summed E-state index contributed by atoms with van der Waals surface area (Å²) >= 11 is 6.35. The number of rotatable bonds is 3. The quantitative estimate of drug-likeness (QED) is 0.720. The number of aromatic nitrogens is 3. The van der Waals surface area contributed by atoms with Gasteiger partial charge in [0.25, 0.3) is 5.89 Å². The van der Waals surface area contributed by atoms with Crippen LogP contribution >= 0.6 is 11.6 Å². The Morgan fingerprint density at radius 1 is 1.37 bits per heavy atom. The van der Waals surface area contributed by atoms with Crippen molar-refractivity contribution in [2.75, 3.05) is 11.9 Å². The fraction of sp³-hybridized carbons (Fsp3) is 0.263. The number of halogens is 1.